The third-order valence-corrected chi connectivity index (χ3v) is 1.95. The van der Waals surface area contributed by atoms with Gasteiger partial charge in [-0.2, -0.15) is 0 Å². The van der Waals surface area contributed by atoms with Crippen molar-refractivity contribution in [3.63, 3.8) is 0 Å². The maximum absolute atomic E-state index is 13.2. The van der Waals surface area contributed by atoms with Crippen LogP contribution in [0.2, 0.25) is 0 Å². The number of rotatable bonds is 4. The zero-order valence-electron chi connectivity index (χ0n) is 8.93. The molecule has 0 aliphatic heterocycles. The van der Waals surface area contributed by atoms with Crippen molar-refractivity contribution in [2.24, 2.45) is 0 Å². The van der Waals surface area contributed by atoms with Gasteiger partial charge in [0, 0.05) is 0 Å². The molecule has 6 heteroatoms. The quantitative estimate of drug-likeness (QED) is 0.354. The molecular weight excluding hydrogens is 237 g/mol. The van der Waals surface area contributed by atoms with Crippen molar-refractivity contribution in [2.45, 2.75) is 13.3 Å². The van der Waals surface area contributed by atoms with E-state index in [9.17, 15) is 22.8 Å². The molecule has 1 rings (SSSR count). The highest BCUT2D eigenvalue weighted by atomic mass is 19.2. The molecule has 92 valence electrons. The predicted octanol–water partition coefficient (Wildman–Crippen LogP) is 2.24. The summed E-state index contributed by atoms with van der Waals surface area (Å²) in [5.41, 5.74) is -0.669. The number of ketones is 1. The van der Waals surface area contributed by atoms with Gasteiger partial charge in [0.05, 0.1) is 12.2 Å². The van der Waals surface area contributed by atoms with Gasteiger partial charge in [0.15, 0.2) is 23.2 Å². The molecule has 0 aliphatic carbocycles. The average molecular weight is 246 g/mol. The molecule has 0 aliphatic rings. The van der Waals surface area contributed by atoms with Crippen LogP contribution in [0.15, 0.2) is 12.1 Å². The molecule has 0 aromatic heterocycles. The topological polar surface area (TPSA) is 43.4 Å². The number of esters is 1. The summed E-state index contributed by atoms with van der Waals surface area (Å²) < 4.78 is 43.0. The first-order valence-electron chi connectivity index (χ1n) is 4.79. The molecule has 0 atom stereocenters. The predicted molar refractivity (Wildman–Crippen MR) is 51.9 cm³/mol. The van der Waals surface area contributed by atoms with E-state index in [4.69, 9.17) is 0 Å². The van der Waals surface area contributed by atoms with E-state index in [2.05, 4.69) is 4.74 Å². The molecule has 0 spiro atoms. The molecule has 3 nitrogen and oxygen atoms in total. The van der Waals surface area contributed by atoms with E-state index in [1.54, 1.807) is 6.92 Å². The Bertz CT molecular complexity index is 458. The Morgan fingerprint density at radius 2 is 1.82 bits per heavy atom. The number of carbonyl (C=O) groups excluding carboxylic acids is 2. The van der Waals surface area contributed by atoms with E-state index in [0.717, 1.165) is 6.07 Å². The Morgan fingerprint density at radius 3 is 2.41 bits per heavy atom. The average Bonchev–Trinajstić information content (AvgIpc) is 2.26. The van der Waals surface area contributed by atoms with Crippen LogP contribution in [-0.4, -0.2) is 18.4 Å². The lowest BCUT2D eigenvalue weighted by molar-refractivity contribution is -0.141. The molecule has 17 heavy (non-hydrogen) atoms. The minimum Gasteiger partial charge on any atom is -0.466 e. The number of benzene rings is 1. The molecule has 0 saturated heterocycles. The van der Waals surface area contributed by atoms with Crippen LogP contribution in [0, 0.1) is 17.5 Å². The summed E-state index contributed by atoms with van der Waals surface area (Å²) in [7, 11) is 0. The lowest BCUT2D eigenvalue weighted by Crippen LogP contribution is -2.13. The van der Waals surface area contributed by atoms with Gasteiger partial charge in [-0.05, 0) is 19.1 Å². The van der Waals surface area contributed by atoms with E-state index >= 15 is 0 Å². The van der Waals surface area contributed by atoms with Gasteiger partial charge >= 0.3 is 5.97 Å². The highest BCUT2D eigenvalue weighted by Crippen LogP contribution is 2.16. The SMILES string of the molecule is CCOC(=O)CC(=O)c1ccc(F)c(F)c1F. The molecular formula is C11H9F3O3. The van der Waals surface area contributed by atoms with Crippen molar-refractivity contribution in [3.8, 4) is 0 Å². The number of hydrogen-bond donors (Lipinski definition) is 0. The van der Waals surface area contributed by atoms with E-state index in [-0.39, 0.29) is 6.61 Å². The highest BCUT2D eigenvalue weighted by Gasteiger charge is 2.21. The molecule has 0 unspecified atom stereocenters. The van der Waals surface area contributed by atoms with Gasteiger partial charge in [-0.3, -0.25) is 9.59 Å². The lowest BCUT2D eigenvalue weighted by atomic mass is 10.1. The monoisotopic (exact) mass is 246 g/mol. The summed E-state index contributed by atoms with van der Waals surface area (Å²) in [5, 5.41) is 0. The Kier molecular flexibility index (Phi) is 4.25. The maximum Gasteiger partial charge on any atom is 0.313 e. The molecule has 0 N–H and O–H groups in total. The van der Waals surface area contributed by atoms with Crippen LogP contribution in [-0.2, 0) is 9.53 Å². The van der Waals surface area contributed by atoms with Gasteiger partial charge in [0.25, 0.3) is 0 Å². The van der Waals surface area contributed by atoms with Crippen LogP contribution in [0.5, 0.6) is 0 Å². The minimum atomic E-state index is -1.74. The first-order chi connectivity index (χ1) is 7.97. The Morgan fingerprint density at radius 1 is 1.18 bits per heavy atom. The van der Waals surface area contributed by atoms with Crippen molar-refractivity contribution in [1.82, 2.24) is 0 Å². The first kappa shape index (κ1) is 13.2. The second kappa shape index (κ2) is 5.47. The van der Waals surface area contributed by atoms with Gasteiger partial charge in [0.1, 0.15) is 6.42 Å². The van der Waals surface area contributed by atoms with E-state index < -0.39 is 41.2 Å². The number of Topliss-reactive ketones (excluding diaryl/α,β-unsaturated/α-hetero) is 1. The fraction of sp³-hybridized carbons (Fsp3) is 0.273. The second-order valence-corrected chi connectivity index (χ2v) is 3.13. The zero-order valence-corrected chi connectivity index (χ0v) is 8.93. The Balaban J connectivity index is 2.90. The number of hydrogen-bond acceptors (Lipinski definition) is 3. The summed E-state index contributed by atoms with van der Waals surface area (Å²) in [6.45, 7) is 1.62. The van der Waals surface area contributed by atoms with Crippen LogP contribution >= 0.6 is 0 Å². The molecule has 1 aromatic carbocycles. The number of carbonyl (C=O) groups is 2. The Labute approximate surface area is 95.2 Å². The molecule has 1 aromatic rings. The normalized spacial score (nSPS) is 10.1. The summed E-state index contributed by atoms with van der Waals surface area (Å²) in [4.78, 5) is 22.3. The van der Waals surface area contributed by atoms with Crippen molar-refractivity contribution < 1.29 is 27.5 Å². The third-order valence-electron chi connectivity index (χ3n) is 1.95. The van der Waals surface area contributed by atoms with Crippen LogP contribution in [0.25, 0.3) is 0 Å². The summed E-state index contributed by atoms with van der Waals surface area (Å²) >= 11 is 0. The molecule has 0 saturated carbocycles. The van der Waals surface area contributed by atoms with E-state index in [1.807, 2.05) is 0 Å². The largest absolute Gasteiger partial charge is 0.466 e. The van der Waals surface area contributed by atoms with Gasteiger partial charge in [0.2, 0.25) is 0 Å². The first-order valence-corrected chi connectivity index (χ1v) is 4.79. The molecule has 0 fully saturated rings. The Hall–Kier alpha value is -1.85. The van der Waals surface area contributed by atoms with Crippen molar-refractivity contribution >= 4 is 11.8 Å². The molecule has 0 amide bonds. The van der Waals surface area contributed by atoms with Crippen molar-refractivity contribution in [2.75, 3.05) is 6.61 Å². The second-order valence-electron chi connectivity index (χ2n) is 3.13. The zero-order chi connectivity index (χ0) is 13.0. The molecule has 0 bridgehead atoms. The highest BCUT2D eigenvalue weighted by molar-refractivity contribution is 6.06. The summed E-state index contributed by atoms with van der Waals surface area (Å²) in [5.74, 6) is -6.53. The van der Waals surface area contributed by atoms with Gasteiger partial charge in [-0.25, -0.2) is 13.2 Å². The van der Waals surface area contributed by atoms with E-state index in [0.29, 0.717) is 6.07 Å². The van der Waals surface area contributed by atoms with E-state index in [1.165, 1.54) is 0 Å². The number of ether oxygens (including phenoxy) is 1. The van der Waals surface area contributed by atoms with Crippen molar-refractivity contribution in [1.29, 1.82) is 0 Å². The third kappa shape index (κ3) is 3.05. The lowest BCUT2D eigenvalue weighted by Gasteiger charge is -2.04. The van der Waals surface area contributed by atoms with Crippen molar-refractivity contribution in [3.05, 3.63) is 35.1 Å². The van der Waals surface area contributed by atoms with Gasteiger partial charge < -0.3 is 4.74 Å². The molecule has 0 radical (unpaired) electrons. The van der Waals surface area contributed by atoms with Crippen LogP contribution < -0.4 is 0 Å². The summed E-state index contributed by atoms with van der Waals surface area (Å²) in [6.07, 6.45) is -0.712. The fourth-order valence-corrected chi connectivity index (χ4v) is 1.18. The van der Waals surface area contributed by atoms with Gasteiger partial charge in [-0.15, -0.1) is 0 Å². The summed E-state index contributed by atoms with van der Waals surface area (Å²) in [6, 6.07) is 1.41. The number of halogens is 3. The minimum absolute atomic E-state index is 0.0758. The van der Waals surface area contributed by atoms with Crippen LogP contribution in [0.3, 0.4) is 0 Å². The standard InChI is InChI=1S/C11H9F3O3/c1-2-17-9(16)5-8(15)6-3-4-7(12)11(14)10(6)13/h3-4H,2,5H2,1H3. The maximum atomic E-state index is 13.2. The van der Waals surface area contributed by atoms with Gasteiger partial charge in [-0.1, -0.05) is 0 Å². The van der Waals surface area contributed by atoms with Crippen LogP contribution in [0.4, 0.5) is 13.2 Å². The fourth-order valence-electron chi connectivity index (χ4n) is 1.18. The van der Waals surface area contributed by atoms with Crippen LogP contribution in [0.1, 0.15) is 23.7 Å². The smallest absolute Gasteiger partial charge is 0.313 e. The molecule has 0 heterocycles.